The van der Waals surface area contributed by atoms with Crippen molar-refractivity contribution in [2.75, 3.05) is 50.2 Å². The van der Waals surface area contributed by atoms with Gasteiger partial charge in [-0.2, -0.15) is 0 Å². The molecule has 0 aliphatic carbocycles. The van der Waals surface area contributed by atoms with E-state index in [9.17, 15) is 4.79 Å². The number of nitrogens with one attached hydrogen (secondary N) is 1. The first-order valence-corrected chi connectivity index (χ1v) is 13.4. The maximum atomic E-state index is 13.0. The van der Waals surface area contributed by atoms with Gasteiger partial charge in [0.15, 0.2) is 0 Å². The van der Waals surface area contributed by atoms with Gasteiger partial charge in [0.1, 0.15) is 5.84 Å². The molecule has 0 amide bonds. The predicted molar refractivity (Wildman–Crippen MR) is 160 cm³/mol. The number of thiazole rings is 1. The van der Waals surface area contributed by atoms with E-state index in [-0.39, 0.29) is 5.56 Å². The minimum Gasteiger partial charge on any atom is -0.397 e. The molecule has 37 heavy (non-hydrogen) atoms. The second-order valence-corrected chi connectivity index (χ2v) is 10.3. The van der Waals surface area contributed by atoms with E-state index in [1.54, 1.807) is 23.3 Å². The Bertz CT molecular complexity index is 1420. The van der Waals surface area contributed by atoms with E-state index < -0.39 is 0 Å². The van der Waals surface area contributed by atoms with Crippen LogP contribution in [0.1, 0.15) is 32.3 Å². The standard InChI is InChI=1S/C28H39N7OS/c1-8-9-10-26-21(14-22(28(36)35(26)7)25-17-37-18-31-25)16-30-20(3)32-24-15-23(29)27(13-19(24)2)34(6)12-11-33(4)5/h10,13-18H,8-9,11-12,29H2,1-7H3,(H,30,32)/b21-16-,26-10-. The maximum absolute atomic E-state index is 13.0. The van der Waals surface area contributed by atoms with Crippen molar-refractivity contribution in [2.24, 2.45) is 12.0 Å². The number of hydrogen-bond acceptors (Lipinski definition) is 7. The number of aromatic nitrogens is 2. The zero-order chi connectivity index (χ0) is 27.1. The number of hydrogen-bond donors (Lipinski definition) is 2. The molecule has 3 N–H and O–H groups in total. The molecule has 0 bridgehead atoms. The van der Waals surface area contributed by atoms with E-state index in [2.05, 4.69) is 67.2 Å². The fourth-order valence-corrected chi connectivity index (χ4v) is 4.53. The Balaban J connectivity index is 1.96. The lowest BCUT2D eigenvalue weighted by Crippen LogP contribution is -2.42. The molecule has 2 heterocycles. The molecule has 0 aliphatic heterocycles. The highest BCUT2D eigenvalue weighted by Gasteiger charge is 2.11. The van der Waals surface area contributed by atoms with Crippen LogP contribution in [0, 0.1) is 6.92 Å². The van der Waals surface area contributed by atoms with E-state index in [1.165, 1.54) is 11.3 Å². The molecule has 9 heteroatoms. The Hall–Kier alpha value is -3.43. The molecule has 2 aromatic heterocycles. The van der Waals surface area contributed by atoms with Crippen LogP contribution in [-0.4, -0.2) is 54.5 Å². The SMILES string of the molecule is CCC/C=c1/c(=C\N=C(C)Nc2cc(N)c(N(C)CCN(C)C)cc2C)cc(-c2cscn2)c(=O)n1C. The summed E-state index contributed by atoms with van der Waals surface area (Å²) in [5, 5.41) is 7.00. The fourth-order valence-electron chi connectivity index (χ4n) is 3.98. The number of nitrogen functional groups attached to an aromatic ring is 1. The van der Waals surface area contributed by atoms with Crippen LogP contribution in [0.5, 0.6) is 0 Å². The third kappa shape index (κ3) is 7.08. The summed E-state index contributed by atoms with van der Waals surface area (Å²) in [7, 11) is 7.99. The highest BCUT2D eigenvalue weighted by Crippen LogP contribution is 2.29. The zero-order valence-electron chi connectivity index (χ0n) is 23.0. The summed E-state index contributed by atoms with van der Waals surface area (Å²) in [6.07, 6.45) is 5.76. The van der Waals surface area contributed by atoms with Crippen molar-refractivity contribution in [3.05, 3.63) is 55.6 Å². The van der Waals surface area contributed by atoms with Crippen LogP contribution in [-0.2, 0) is 7.05 Å². The smallest absolute Gasteiger partial charge is 0.260 e. The number of aryl methyl sites for hydroxylation is 1. The number of pyridine rings is 1. The van der Waals surface area contributed by atoms with Crippen LogP contribution in [0.3, 0.4) is 0 Å². The average molecular weight is 522 g/mol. The molecule has 0 saturated heterocycles. The number of rotatable bonds is 9. The van der Waals surface area contributed by atoms with E-state index in [0.29, 0.717) is 16.9 Å². The second-order valence-electron chi connectivity index (χ2n) is 9.55. The minimum absolute atomic E-state index is 0.0639. The van der Waals surface area contributed by atoms with Crippen molar-refractivity contribution in [1.82, 2.24) is 14.5 Å². The predicted octanol–water partition coefficient (Wildman–Crippen LogP) is 3.25. The third-order valence-electron chi connectivity index (χ3n) is 6.21. The number of aliphatic imine (C=N–C) groups is 1. The van der Waals surface area contributed by atoms with Crippen LogP contribution in [0.2, 0.25) is 0 Å². The number of nitrogens with zero attached hydrogens (tertiary/aromatic N) is 5. The Kier molecular flexibility index (Phi) is 9.66. The van der Waals surface area contributed by atoms with Gasteiger partial charge in [-0.3, -0.25) is 4.79 Å². The van der Waals surface area contributed by atoms with Gasteiger partial charge < -0.3 is 25.4 Å². The number of likely N-dealkylation sites (N-methyl/N-ethyl adjacent to an activating group) is 2. The molecule has 3 aromatic rings. The number of amidine groups is 1. The maximum Gasteiger partial charge on any atom is 0.260 e. The van der Waals surface area contributed by atoms with Crippen LogP contribution < -0.4 is 32.1 Å². The van der Waals surface area contributed by atoms with E-state index in [1.807, 2.05) is 24.4 Å². The average Bonchev–Trinajstić information content (AvgIpc) is 3.39. The number of nitrogens with two attached hydrogens (primary N) is 1. The topological polar surface area (TPSA) is 91.8 Å². The van der Waals surface area contributed by atoms with Gasteiger partial charge in [0.2, 0.25) is 0 Å². The van der Waals surface area contributed by atoms with E-state index in [0.717, 1.165) is 59.3 Å². The van der Waals surface area contributed by atoms with Gasteiger partial charge >= 0.3 is 0 Å². The first-order chi connectivity index (χ1) is 17.6. The summed E-state index contributed by atoms with van der Waals surface area (Å²) < 4.78 is 1.69. The van der Waals surface area contributed by atoms with Crippen LogP contribution in [0.25, 0.3) is 23.5 Å². The van der Waals surface area contributed by atoms with Crippen molar-refractivity contribution in [3.63, 3.8) is 0 Å². The molecule has 1 aromatic carbocycles. The van der Waals surface area contributed by atoms with Gasteiger partial charge in [0.25, 0.3) is 5.56 Å². The van der Waals surface area contributed by atoms with Crippen molar-refractivity contribution < 1.29 is 0 Å². The first-order valence-electron chi connectivity index (χ1n) is 12.5. The lowest BCUT2D eigenvalue weighted by molar-refractivity contribution is 0.416. The Morgan fingerprint density at radius 1 is 1.24 bits per heavy atom. The quantitative estimate of drug-likeness (QED) is 0.255. The largest absolute Gasteiger partial charge is 0.397 e. The van der Waals surface area contributed by atoms with Crippen LogP contribution in [0.15, 0.2) is 38.9 Å². The fraction of sp³-hybridized carbons (Fsp3) is 0.393. The zero-order valence-corrected chi connectivity index (χ0v) is 23.8. The summed E-state index contributed by atoms with van der Waals surface area (Å²) in [4.78, 5) is 26.4. The summed E-state index contributed by atoms with van der Waals surface area (Å²) >= 11 is 1.47. The van der Waals surface area contributed by atoms with Crippen molar-refractivity contribution in [2.45, 2.75) is 33.6 Å². The van der Waals surface area contributed by atoms with Crippen LogP contribution >= 0.6 is 11.3 Å². The molecule has 0 radical (unpaired) electrons. The molecule has 8 nitrogen and oxygen atoms in total. The minimum atomic E-state index is -0.0639. The first kappa shape index (κ1) is 28.1. The molecule has 198 valence electrons. The molecule has 3 rings (SSSR count). The Morgan fingerprint density at radius 3 is 2.65 bits per heavy atom. The van der Waals surface area contributed by atoms with Gasteiger partial charge in [0.05, 0.1) is 28.1 Å². The van der Waals surface area contributed by atoms with Gasteiger partial charge in [0, 0.05) is 55.0 Å². The number of unbranched alkanes of at least 4 members (excludes halogenated alkanes) is 1. The summed E-state index contributed by atoms with van der Waals surface area (Å²) in [6, 6.07) is 5.95. The molecule has 0 atom stereocenters. The molecule has 0 spiro atoms. The lowest BCUT2D eigenvalue weighted by atomic mass is 10.1. The van der Waals surface area contributed by atoms with Gasteiger partial charge in [-0.25, -0.2) is 9.98 Å². The van der Waals surface area contributed by atoms with E-state index in [4.69, 9.17) is 10.7 Å². The molecular weight excluding hydrogens is 482 g/mol. The molecular formula is C28H39N7OS. The molecule has 0 aliphatic rings. The second kappa shape index (κ2) is 12.7. The lowest BCUT2D eigenvalue weighted by Gasteiger charge is -2.24. The molecule has 0 saturated carbocycles. The number of anilines is 3. The Morgan fingerprint density at radius 2 is 2.00 bits per heavy atom. The molecule has 0 fully saturated rings. The van der Waals surface area contributed by atoms with Crippen LogP contribution in [0.4, 0.5) is 17.1 Å². The van der Waals surface area contributed by atoms with Crippen molar-refractivity contribution in [1.29, 1.82) is 0 Å². The van der Waals surface area contributed by atoms with Gasteiger partial charge in [-0.1, -0.05) is 19.4 Å². The van der Waals surface area contributed by atoms with Gasteiger partial charge in [-0.15, -0.1) is 11.3 Å². The van der Waals surface area contributed by atoms with Crippen molar-refractivity contribution in [3.8, 4) is 11.3 Å². The highest BCUT2D eigenvalue weighted by molar-refractivity contribution is 7.07. The third-order valence-corrected chi connectivity index (χ3v) is 6.79. The Labute approximate surface area is 223 Å². The summed E-state index contributed by atoms with van der Waals surface area (Å²) in [6.45, 7) is 7.93. The molecule has 0 unspecified atom stereocenters. The number of benzene rings is 1. The van der Waals surface area contributed by atoms with Gasteiger partial charge in [-0.05, 0) is 58.1 Å². The normalized spacial score (nSPS) is 13.0. The monoisotopic (exact) mass is 521 g/mol. The highest BCUT2D eigenvalue weighted by atomic mass is 32.1. The van der Waals surface area contributed by atoms with Crippen molar-refractivity contribution >= 4 is 46.5 Å². The summed E-state index contributed by atoms with van der Waals surface area (Å²) in [5.41, 5.74) is 13.1. The van der Waals surface area contributed by atoms with E-state index >= 15 is 0 Å². The summed E-state index contributed by atoms with van der Waals surface area (Å²) in [5.74, 6) is 0.724.